The van der Waals surface area contributed by atoms with E-state index in [1.54, 1.807) is 0 Å². The molecule has 0 N–H and O–H groups in total. The number of allylic oxidation sites excluding steroid dienone is 8. The van der Waals surface area contributed by atoms with Crippen molar-refractivity contribution in [1.82, 2.24) is 14.7 Å². The lowest BCUT2D eigenvalue weighted by molar-refractivity contribution is 0.0269. The van der Waals surface area contributed by atoms with Crippen LogP contribution in [-0.4, -0.2) is 80.3 Å². The van der Waals surface area contributed by atoms with E-state index in [9.17, 15) is 4.79 Å². The molecule has 1 rings (SSSR count). The van der Waals surface area contributed by atoms with Crippen molar-refractivity contribution >= 4 is 6.09 Å². The Hall–Kier alpha value is -1.85. The predicted molar refractivity (Wildman–Crippen MR) is 229 cm³/mol. The second kappa shape index (κ2) is 37.5. The molecule has 0 atom stereocenters. The van der Waals surface area contributed by atoms with Crippen molar-refractivity contribution in [3.8, 4) is 0 Å². The van der Waals surface area contributed by atoms with Crippen LogP contribution in [0.25, 0.3) is 0 Å². The third-order valence-electron chi connectivity index (χ3n) is 10.4. The van der Waals surface area contributed by atoms with Gasteiger partial charge in [0, 0.05) is 39.3 Å². The van der Waals surface area contributed by atoms with Gasteiger partial charge in [0.1, 0.15) is 6.10 Å². The van der Waals surface area contributed by atoms with Gasteiger partial charge in [0.25, 0.3) is 0 Å². The number of likely N-dealkylation sites (tertiary alicyclic amines) is 1. The number of amides is 1. The Morgan fingerprint density at radius 1 is 0.538 bits per heavy atom. The number of hydrogen-bond acceptors (Lipinski definition) is 4. The van der Waals surface area contributed by atoms with Gasteiger partial charge in [-0.05, 0) is 104 Å². The van der Waals surface area contributed by atoms with Crippen LogP contribution in [0.5, 0.6) is 0 Å². The molecule has 52 heavy (non-hydrogen) atoms. The second-order valence-electron chi connectivity index (χ2n) is 15.7. The quantitative estimate of drug-likeness (QED) is 0.0481. The lowest BCUT2D eigenvalue weighted by Crippen LogP contribution is -2.43. The summed E-state index contributed by atoms with van der Waals surface area (Å²) < 4.78 is 6.12. The Kier molecular flexibility index (Phi) is 34.7. The Balaban J connectivity index is 2.26. The highest BCUT2D eigenvalue weighted by atomic mass is 16.6. The zero-order valence-corrected chi connectivity index (χ0v) is 35.2. The molecule has 0 aliphatic carbocycles. The van der Waals surface area contributed by atoms with Crippen molar-refractivity contribution in [3.63, 3.8) is 0 Å². The van der Waals surface area contributed by atoms with Crippen molar-refractivity contribution in [1.29, 1.82) is 0 Å². The molecular formula is C47H87N3O2. The molecule has 5 nitrogen and oxygen atoms in total. The van der Waals surface area contributed by atoms with Gasteiger partial charge in [-0.25, -0.2) is 4.79 Å². The zero-order chi connectivity index (χ0) is 37.6. The van der Waals surface area contributed by atoms with Gasteiger partial charge in [0.05, 0.1) is 0 Å². The fraction of sp³-hybridized carbons (Fsp3) is 0.809. The normalized spacial score (nSPS) is 14.7. The minimum absolute atomic E-state index is 0.0608. The molecule has 302 valence electrons. The van der Waals surface area contributed by atoms with E-state index in [-0.39, 0.29) is 12.2 Å². The van der Waals surface area contributed by atoms with Gasteiger partial charge in [0.15, 0.2) is 0 Å². The molecule has 5 heteroatoms. The third kappa shape index (κ3) is 31.7. The maximum atomic E-state index is 13.4. The fourth-order valence-corrected chi connectivity index (χ4v) is 6.86. The molecule has 1 fully saturated rings. The number of carbonyl (C=O) groups excluding carboxylic acids is 1. The molecule has 1 amide bonds. The second-order valence-corrected chi connectivity index (χ2v) is 15.7. The minimum Gasteiger partial charge on any atom is -0.446 e. The van der Waals surface area contributed by atoms with Crippen molar-refractivity contribution < 1.29 is 9.53 Å². The van der Waals surface area contributed by atoms with E-state index >= 15 is 0 Å². The summed E-state index contributed by atoms with van der Waals surface area (Å²) in [6, 6.07) is 0. The van der Waals surface area contributed by atoms with Gasteiger partial charge in [0.2, 0.25) is 0 Å². The van der Waals surface area contributed by atoms with Crippen LogP contribution in [0.4, 0.5) is 4.79 Å². The summed E-state index contributed by atoms with van der Waals surface area (Å²) in [5.41, 5.74) is 0. The van der Waals surface area contributed by atoms with E-state index in [1.165, 1.54) is 135 Å². The first-order valence-corrected chi connectivity index (χ1v) is 22.5. The third-order valence-corrected chi connectivity index (χ3v) is 10.4. The molecule has 1 aliphatic heterocycles. The van der Waals surface area contributed by atoms with Crippen LogP contribution >= 0.6 is 0 Å². The summed E-state index contributed by atoms with van der Waals surface area (Å²) in [4.78, 5) is 20.2. The molecule has 0 aromatic rings. The van der Waals surface area contributed by atoms with Crippen molar-refractivity contribution in [2.75, 3.05) is 53.4 Å². The van der Waals surface area contributed by atoms with Gasteiger partial charge in [-0.3, -0.25) is 0 Å². The highest BCUT2D eigenvalue weighted by Gasteiger charge is 2.24. The zero-order valence-electron chi connectivity index (χ0n) is 35.2. The topological polar surface area (TPSA) is 36.0 Å². The molecule has 0 spiro atoms. The highest BCUT2D eigenvalue weighted by Crippen LogP contribution is 2.17. The lowest BCUT2D eigenvalue weighted by Gasteiger charge is -2.33. The first-order chi connectivity index (χ1) is 25.6. The molecular weight excluding hydrogens is 639 g/mol. The smallest absolute Gasteiger partial charge is 0.410 e. The first kappa shape index (κ1) is 48.2. The van der Waals surface area contributed by atoms with E-state index in [4.69, 9.17) is 4.74 Å². The van der Waals surface area contributed by atoms with Crippen LogP contribution < -0.4 is 0 Å². The van der Waals surface area contributed by atoms with Crippen LogP contribution in [0, 0.1) is 0 Å². The largest absolute Gasteiger partial charge is 0.446 e. The van der Waals surface area contributed by atoms with Gasteiger partial charge in [-0.1, -0.05) is 146 Å². The van der Waals surface area contributed by atoms with E-state index in [2.05, 4.69) is 86.4 Å². The number of rotatable bonds is 35. The number of nitrogens with zero attached hydrogens (tertiary/aromatic N) is 3. The summed E-state index contributed by atoms with van der Waals surface area (Å²) in [7, 11) is 4.27. The lowest BCUT2D eigenvalue weighted by atomic mass is 10.1. The van der Waals surface area contributed by atoms with Crippen molar-refractivity contribution in [2.24, 2.45) is 0 Å². The maximum absolute atomic E-state index is 13.4. The first-order valence-electron chi connectivity index (χ1n) is 22.5. The summed E-state index contributed by atoms with van der Waals surface area (Å²) >= 11 is 0. The fourth-order valence-electron chi connectivity index (χ4n) is 6.86. The summed E-state index contributed by atoms with van der Waals surface area (Å²) in [6.07, 6.45) is 52.0. The molecule has 0 radical (unpaired) electrons. The van der Waals surface area contributed by atoms with Gasteiger partial charge in [-0.15, -0.1) is 0 Å². The molecule has 0 bridgehead atoms. The Labute approximate surface area is 324 Å². The monoisotopic (exact) mass is 726 g/mol. The van der Waals surface area contributed by atoms with Crippen molar-refractivity contribution in [3.05, 3.63) is 48.6 Å². The number of ether oxygens (including phenoxy) is 1. The number of likely N-dealkylation sites (N-methyl/N-ethyl adjacent to an activating group) is 1. The van der Waals surface area contributed by atoms with E-state index in [1.807, 2.05) is 4.90 Å². The predicted octanol–water partition coefficient (Wildman–Crippen LogP) is 13.5. The van der Waals surface area contributed by atoms with Crippen molar-refractivity contribution in [2.45, 2.75) is 193 Å². The SMILES string of the molecule is CCCCC/C=C\C/C=C\CCCCCCCCCN(CCCCCCCC/C=C\C/C=C\CCCCC)C(=O)OC1CCN(CCN(C)C)CC1. The van der Waals surface area contributed by atoms with Crippen LogP contribution in [0.2, 0.25) is 0 Å². The van der Waals surface area contributed by atoms with Gasteiger partial charge >= 0.3 is 6.09 Å². The number of hydrogen-bond donors (Lipinski definition) is 0. The Bertz CT molecular complexity index is 887. The van der Waals surface area contributed by atoms with Crippen LogP contribution in [0.1, 0.15) is 187 Å². The maximum Gasteiger partial charge on any atom is 0.410 e. The number of carbonyl (C=O) groups is 1. The van der Waals surface area contributed by atoms with Gasteiger partial charge < -0.3 is 19.4 Å². The average molecular weight is 726 g/mol. The molecule has 0 aromatic heterocycles. The van der Waals surface area contributed by atoms with E-state index < -0.39 is 0 Å². The van der Waals surface area contributed by atoms with Gasteiger partial charge in [-0.2, -0.15) is 0 Å². The molecule has 0 unspecified atom stereocenters. The Morgan fingerprint density at radius 2 is 0.923 bits per heavy atom. The number of piperidine rings is 1. The minimum atomic E-state index is -0.0608. The average Bonchev–Trinajstić information content (AvgIpc) is 3.14. The molecule has 1 saturated heterocycles. The summed E-state index contributed by atoms with van der Waals surface area (Å²) in [5, 5.41) is 0. The number of unbranched alkanes of at least 4 members (excludes halogenated alkanes) is 19. The molecule has 0 aromatic carbocycles. The van der Waals surface area contributed by atoms with E-state index in [0.29, 0.717) is 0 Å². The van der Waals surface area contributed by atoms with E-state index in [0.717, 1.165) is 77.8 Å². The molecule has 1 heterocycles. The van der Waals surface area contributed by atoms with Crippen LogP contribution in [0.15, 0.2) is 48.6 Å². The standard InChI is InChI=1S/C47H87N3O2/c1-5-7-9-11-13-15-17-19-21-23-25-27-29-31-33-35-37-41-50(47(51)52-46-38-42-49(43-39-46)45-44-48(3)4)40-36-34-32-30-28-26-24-22-20-18-16-14-12-10-8-6-2/h13-16,19-22,46H,5-12,17-18,23-45H2,1-4H3/b15-13-,16-14-,21-19-,22-20-. The molecule has 1 aliphatic rings. The molecule has 0 saturated carbocycles. The van der Waals surface area contributed by atoms with Crippen LogP contribution in [-0.2, 0) is 4.74 Å². The Morgan fingerprint density at radius 3 is 1.33 bits per heavy atom. The summed E-state index contributed by atoms with van der Waals surface area (Å²) in [5.74, 6) is 0. The van der Waals surface area contributed by atoms with Crippen LogP contribution in [0.3, 0.4) is 0 Å². The summed E-state index contributed by atoms with van der Waals surface area (Å²) in [6.45, 7) is 10.5. The highest BCUT2D eigenvalue weighted by molar-refractivity contribution is 5.67.